The second-order valence-corrected chi connectivity index (χ2v) is 6.42. The van der Waals surface area contributed by atoms with Crippen molar-refractivity contribution in [3.05, 3.63) is 29.8 Å². The zero-order chi connectivity index (χ0) is 15.8. The minimum atomic E-state index is 0.0492. The van der Waals surface area contributed by atoms with Crippen molar-refractivity contribution < 1.29 is 4.79 Å². The molecule has 0 radical (unpaired) electrons. The van der Waals surface area contributed by atoms with Gasteiger partial charge in [-0.25, -0.2) is 0 Å². The summed E-state index contributed by atoms with van der Waals surface area (Å²) in [6, 6.07) is 7.99. The molecule has 0 saturated carbocycles. The van der Waals surface area contributed by atoms with E-state index in [0.29, 0.717) is 18.9 Å². The van der Waals surface area contributed by atoms with E-state index in [-0.39, 0.29) is 11.8 Å². The lowest BCUT2D eigenvalue weighted by molar-refractivity contribution is -0.117. The van der Waals surface area contributed by atoms with Crippen molar-refractivity contribution in [2.75, 3.05) is 26.0 Å². The summed E-state index contributed by atoms with van der Waals surface area (Å²) >= 11 is 0. The van der Waals surface area contributed by atoms with Gasteiger partial charge < -0.3 is 16.0 Å². The van der Waals surface area contributed by atoms with Gasteiger partial charge in [-0.15, -0.1) is 0 Å². The van der Waals surface area contributed by atoms with Gasteiger partial charge in [0.2, 0.25) is 5.91 Å². The van der Waals surface area contributed by atoms with E-state index >= 15 is 0 Å². The molecule has 4 nitrogen and oxygen atoms in total. The van der Waals surface area contributed by atoms with E-state index in [9.17, 15) is 4.79 Å². The van der Waals surface area contributed by atoms with Crippen molar-refractivity contribution in [1.82, 2.24) is 4.90 Å². The molecule has 4 heteroatoms. The Morgan fingerprint density at radius 3 is 2.62 bits per heavy atom. The molecular formula is C17H29N3O. The van der Waals surface area contributed by atoms with E-state index in [4.69, 9.17) is 5.73 Å². The van der Waals surface area contributed by atoms with Crippen LogP contribution in [-0.4, -0.2) is 31.4 Å². The maximum Gasteiger partial charge on any atom is 0.224 e. The Morgan fingerprint density at radius 1 is 1.33 bits per heavy atom. The zero-order valence-corrected chi connectivity index (χ0v) is 13.7. The van der Waals surface area contributed by atoms with Crippen LogP contribution in [0.2, 0.25) is 0 Å². The molecule has 0 heterocycles. The zero-order valence-electron chi connectivity index (χ0n) is 13.7. The van der Waals surface area contributed by atoms with Crippen LogP contribution in [0.5, 0.6) is 0 Å². The molecule has 0 aliphatic carbocycles. The predicted octanol–water partition coefficient (Wildman–Crippen LogP) is 2.70. The van der Waals surface area contributed by atoms with Crippen molar-refractivity contribution in [3.63, 3.8) is 0 Å². The number of benzene rings is 1. The molecule has 0 fully saturated rings. The molecular weight excluding hydrogens is 262 g/mol. The van der Waals surface area contributed by atoms with Crippen LogP contribution < -0.4 is 11.1 Å². The molecule has 0 aliphatic rings. The Balaban J connectivity index is 2.57. The Bertz CT molecular complexity index is 443. The minimum Gasteiger partial charge on any atom is -0.330 e. The Morgan fingerprint density at radius 2 is 2.05 bits per heavy atom. The molecule has 21 heavy (non-hydrogen) atoms. The summed E-state index contributed by atoms with van der Waals surface area (Å²) in [4.78, 5) is 14.2. The lowest BCUT2D eigenvalue weighted by atomic mass is 9.94. The summed E-state index contributed by atoms with van der Waals surface area (Å²) in [5, 5.41) is 2.98. The molecule has 118 valence electrons. The molecule has 1 unspecified atom stereocenters. The molecule has 0 aromatic heterocycles. The van der Waals surface area contributed by atoms with E-state index in [0.717, 1.165) is 18.7 Å². The van der Waals surface area contributed by atoms with Crippen molar-refractivity contribution in [2.24, 2.45) is 17.6 Å². The van der Waals surface area contributed by atoms with Crippen molar-refractivity contribution in [3.8, 4) is 0 Å². The van der Waals surface area contributed by atoms with Gasteiger partial charge in [-0.05, 0) is 56.6 Å². The number of carbonyl (C=O) groups is 1. The molecule has 1 rings (SSSR count). The quantitative estimate of drug-likeness (QED) is 0.774. The molecule has 0 saturated heterocycles. The van der Waals surface area contributed by atoms with Crippen molar-refractivity contribution in [1.29, 1.82) is 0 Å². The molecule has 1 atom stereocenters. The summed E-state index contributed by atoms with van der Waals surface area (Å²) < 4.78 is 0. The van der Waals surface area contributed by atoms with Gasteiger partial charge in [-0.2, -0.15) is 0 Å². The molecule has 0 aliphatic heterocycles. The van der Waals surface area contributed by atoms with E-state index in [2.05, 4.69) is 30.1 Å². The van der Waals surface area contributed by atoms with Gasteiger partial charge in [-0.3, -0.25) is 4.79 Å². The highest BCUT2D eigenvalue weighted by atomic mass is 16.1. The summed E-state index contributed by atoms with van der Waals surface area (Å²) in [5.74, 6) is 0.873. The predicted molar refractivity (Wildman–Crippen MR) is 89.1 cm³/mol. The van der Waals surface area contributed by atoms with Gasteiger partial charge in [0.15, 0.2) is 0 Å². The Kier molecular flexibility index (Phi) is 7.40. The highest BCUT2D eigenvalue weighted by Gasteiger charge is 2.14. The standard InChI is InChI=1S/C17H29N3O/c1-13(2)8-15(11-18)10-17(21)19-16-7-5-6-14(9-16)12-20(3)4/h5-7,9,13,15H,8,10-12,18H2,1-4H3,(H,19,21). The molecule has 3 N–H and O–H groups in total. The van der Waals surface area contributed by atoms with Gasteiger partial charge in [-0.1, -0.05) is 26.0 Å². The third-order valence-electron chi connectivity index (χ3n) is 3.32. The Hall–Kier alpha value is -1.39. The average molecular weight is 291 g/mol. The number of anilines is 1. The highest BCUT2D eigenvalue weighted by Crippen LogP contribution is 2.17. The molecule has 0 bridgehead atoms. The number of carbonyl (C=O) groups excluding carboxylic acids is 1. The van der Waals surface area contributed by atoms with E-state index in [1.54, 1.807) is 0 Å². The first-order valence-corrected chi connectivity index (χ1v) is 7.64. The summed E-state index contributed by atoms with van der Waals surface area (Å²) in [6.07, 6.45) is 1.48. The third kappa shape index (κ3) is 7.25. The molecule has 0 spiro atoms. The number of hydrogen-bond acceptors (Lipinski definition) is 3. The molecule has 1 aromatic carbocycles. The summed E-state index contributed by atoms with van der Waals surface area (Å²) in [7, 11) is 4.06. The smallest absolute Gasteiger partial charge is 0.224 e. The minimum absolute atomic E-state index is 0.0492. The topological polar surface area (TPSA) is 58.4 Å². The summed E-state index contributed by atoms with van der Waals surface area (Å²) in [6.45, 7) is 5.74. The number of nitrogens with zero attached hydrogens (tertiary/aromatic N) is 1. The normalized spacial score (nSPS) is 12.7. The highest BCUT2D eigenvalue weighted by molar-refractivity contribution is 5.90. The fraction of sp³-hybridized carbons (Fsp3) is 0.588. The summed E-state index contributed by atoms with van der Waals surface area (Å²) in [5.41, 5.74) is 7.81. The number of rotatable bonds is 8. The molecule has 1 aromatic rings. The lowest BCUT2D eigenvalue weighted by Gasteiger charge is -2.17. The van der Waals surface area contributed by atoms with Crippen LogP contribution in [-0.2, 0) is 11.3 Å². The van der Waals surface area contributed by atoms with Crippen LogP contribution >= 0.6 is 0 Å². The monoisotopic (exact) mass is 291 g/mol. The number of hydrogen-bond donors (Lipinski definition) is 2. The second kappa shape index (κ2) is 8.80. The Labute approximate surface area is 128 Å². The first kappa shape index (κ1) is 17.7. The maximum atomic E-state index is 12.1. The van der Waals surface area contributed by atoms with Crippen molar-refractivity contribution in [2.45, 2.75) is 33.2 Å². The van der Waals surface area contributed by atoms with E-state index in [1.165, 1.54) is 5.56 Å². The van der Waals surface area contributed by atoms with Crippen LogP contribution in [0.3, 0.4) is 0 Å². The van der Waals surface area contributed by atoms with Crippen LogP contribution in [0.1, 0.15) is 32.3 Å². The van der Waals surface area contributed by atoms with Crippen molar-refractivity contribution >= 4 is 11.6 Å². The SMILES string of the molecule is CC(C)CC(CN)CC(=O)Nc1cccc(CN(C)C)c1. The number of nitrogens with two attached hydrogens (primary N) is 1. The van der Waals surface area contributed by atoms with Gasteiger partial charge in [0, 0.05) is 18.7 Å². The number of nitrogens with one attached hydrogen (secondary N) is 1. The second-order valence-electron chi connectivity index (χ2n) is 6.42. The third-order valence-corrected chi connectivity index (χ3v) is 3.32. The number of amides is 1. The van der Waals surface area contributed by atoms with Gasteiger partial charge in [0.25, 0.3) is 0 Å². The van der Waals surface area contributed by atoms with Gasteiger partial charge in [0.1, 0.15) is 0 Å². The van der Waals surface area contributed by atoms with Crippen LogP contribution in [0, 0.1) is 11.8 Å². The van der Waals surface area contributed by atoms with Crippen LogP contribution in [0.4, 0.5) is 5.69 Å². The first-order chi connectivity index (χ1) is 9.90. The molecule has 1 amide bonds. The van der Waals surface area contributed by atoms with Crippen LogP contribution in [0.15, 0.2) is 24.3 Å². The van der Waals surface area contributed by atoms with E-state index in [1.807, 2.05) is 32.3 Å². The van der Waals surface area contributed by atoms with Crippen LogP contribution in [0.25, 0.3) is 0 Å². The average Bonchev–Trinajstić information content (AvgIpc) is 2.36. The van der Waals surface area contributed by atoms with Gasteiger partial charge >= 0.3 is 0 Å². The maximum absolute atomic E-state index is 12.1. The van der Waals surface area contributed by atoms with E-state index < -0.39 is 0 Å². The fourth-order valence-electron chi connectivity index (χ4n) is 2.52. The fourth-order valence-corrected chi connectivity index (χ4v) is 2.52. The largest absolute Gasteiger partial charge is 0.330 e. The van der Waals surface area contributed by atoms with Gasteiger partial charge in [0.05, 0.1) is 0 Å². The lowest BCUT2D eigenvalue weighted by Crippen LogP contribution is -2.23. The first-order valence-electron chi connectivity index (χ1n) is 7.64.